The van der Waals surface area contributed by atoms with E-state index >= 15 is 0 Å². The van der Waals surface area contributed by atoms with E-state index in [0.29, 0.717) is 28.1 Å². The Labute approximate surface area is 115 Å². The fourth-order valence-corrected chi connectivity index (χ4v) is 1.76. The van der Waals surface area contributed by atoms with Crippen LogP contribution in [0, 0.1) is 0 Å². The summed E-state index contributed by atoms with van der Waals surface area (Å²) < 4.78 is 10.6. The summed E-state index contributed by atoms with van der Waals surface area (Å²) in [4.78, 5) is 0. The van der Waals surface area contributed by atoms with Gasteiger partial charge in [0.05, 0.1) is 10.7 Å². The van der Waals surface area contributed by atoms with E-state index < -0.39 is 0 Å². The number of nitrogens with zero attached hydrogens (tertiary/aromatic N) is 1. The van der Waals surface area contributed by atoms with Gasteiger partial charge in [-0.3, -0.25) is 0 Å². The van der Waals surface area contributed by atoms with Gasteiger partial charge in [-0.1, -0.05) is 28.4 Å². The van der Waals surface area contributed by atoms with Crippen molar-refractivity contribution in [2.75, 3.05) is 7.05 Å². The Morgan fingerprint density at radius 3 is 2.94 bits per heavy atom. The topological polar surface area (TPSA) is 47.3 Å². The van der Waals surface area contributed by atoms with Gasteiger partial charge >= 0.3 is 0 Å². The van der Waals surface area contributed by atoms with Crippen molar-refractivity contribution in [3.8, 4) is 5.75 Å². The maximum absolute atomic E-state index is 5.98. The minimum absolute atomic E-state index is 0.261. The second-order valence-corrected chi connectivity index (χ2v) is 4.52. The highest BCUT2D eigenvalue weighted by Gasteiger charge is 2.07. The number of rotatable bonds is 5. The molecule has 0 saturated heterocycles. The Balaban J connectivity index is 1.99. The number of benzene rings is 1. The molecule has 0 spiro atoms. The number of halogens is 2. The third kappa shape index (κ3) is 3.38. The highest BCUT2D eigenvalue weighted by Crippen LogP contribution is 2.28. The van der Waals surface area contributed by atoms with E-state index in [9.17, 15) is 0 Å². The van der Waals surface area contributed by atoms with Crippen LogP contribution in [0.25, 0.3) is 0 Å². The molecule has 1 N–H and O–H groups in total. The van der Waals surface area contributed by atoms with E-state index in [2.05, 4.69) is 10.5 Å². The molecule has 0 aliphatic carbocycles. The van der Waals surface area contributed by atoms with Crippen LogP contribution in [0.1, 0.15) is 11.5 Å². The molecular formula is C12H12Cl2N2O2. The highest BCUT2D eigenvalue weighted by atomic mass is 35.5. The molecule has 0 bridgehead atoms. The lowest BCUT2D eigenvalue weighted by Gasteiger charge is -2.05. The minimum Gasteiger partial charge on any atom is -0.484 e. The summed E-state index contributed by atoms with van der Waals surface area (Å²) in [6.07, 6.45) is 0. The Morgan fingerprint density at radius 2 is 2.17 bits per heavy atom. The summed E-state index contributed by atoms with van der Waals surface area (Å²) in [5.74, 6) is 1.16. The van der Waals surface area contributed by atoms with Crippen LogP contribution in [0.4, 0.5) is 0 Å². The molecule has 0 aliphatic rings. The molecule has 0 unspecified atom stereocenters. The van der Waals surface area contributed by atoms with E-state index in [4.69, 9.17) is 32.5 Å². The fraction of sp³-hybridized carbons (Fsp3) is 0.250. The zero-order valence-corrected chi connectivity index (χ0v) is 11.3. The van der Waals surface area contributed by atoms with Gasteiger partial charge in [-0.25, -0.2) is 0 Å². The second-order valence-electron chi connectivity index (χ2n) is 3.68. The molecule has 0 radical (unpaired) electrons. The SMILES string of the molecule is CNCc1cc(COc2cc(Cl)ccc2Cl)on1. The van der Waals surface area contributed by atoms with Crippen LogP contribution >= 0.6 is 23.2 Å². The van der Waals surface area contributed by atoms with E-state index in [-0.39, 0.29) is 6.61 Å². The third-order valence-corrected chi connectivity index (χ3v) is 2.78. The zero-order chi connectivity index (χ0) is 13.0. The van der Waals surface area contributed by atoms with Crippen LogP contribution in [0.15, 0.2) is 28.8 Å². The summed E-state index contributed by atoms with van der Waals surface area (Å²) in [6.45, 7) is 0.915. The summed E-state index contributed by atoms with van der Waals surface area (Å²) in [5, 5.41) is 7.95. The molecule has 0 amide bonds. The Kier molecular flexibility index (Phi) is 4.47. The Bertz CT molecular complexity index is 529. The van der Waals surface area contributed by atoms with Crippen LogP contribution in [0.3, 0.4) is 0 Å². The number of nitrogens with one attached hydrogen (secondary N) is 1. The van der Waals surface area contributed by atoms with E-state index in [1.807, 2.05) is 13.1 Å². The fourth-order valence-electron chi connectivity index (χ4n) is 1.42. The number of ether oxygens (including phenoxy) is 1. The van der Waals surface area contributed by atoms with E-state index in [1.165, 1.54) is 0 Å². The van der Waals surface area contributed by atoms with Gasteiger partial charge in [-0.05, 0) is 19.2 Å². The lowest BCUT2D eigenvalue weighted by molar-refractivity contribution is 0.248. The molecule has 2 aromatic rings. The minimum atomic E-state index is 0.261. The predicted octanol–water partition coefficient (Wildman–Crippen LogP) is 3.28. The van der Waals surface area contributed by atoms with Gasteiger partial charge in [-0.2, -0.15) is 0 Å². The maximum Gasteiger partial charge on any atom is 0.174 e. The zero-order valence-electron chi connectivity index (χ0n) is 9.74. The van der Waals surface area contributed by atoms with Gasteiger partial charge in [0.15, 0.2) is 5.76 Å². The molecule has 1 heterocycles. The summed E-state index contributed by atoms with van der Waals surface area (Å²) in [5.41, 5.74) is 0.827. The maximum atomic E-state index is 5.98. The van der Waals surface area contributed by atoms with Crippen LogP contribution < -0.4 is 10.1 Å². The molecule has 1 aromatic carbocycles. The summed E-state index contributed by atoms with van der Waals surface area (Å²) >= 11 is 11.8. The Morgan fingerprint density at radius 1 is 1.33 bits per heavy atom. The van der Waals surface area contributed by atoms with Gasteiger partial charge in [0.2, 0.25) is 0 Å². The van der Waals surface area contributed by atoms with E-state index in [1.54, 1.807) is 18.2 Å². The lowest BCUT2D eigenvalue weighted by Crippen LogP contribution is -2.04. The van der Waals surface area contributed by atoms with Crippen molar-refractivity contribution in [1.29, 1.82) is 0 Å². The van der Waals surface area contributed by atoms with Gasteiger partial charge in [-0.15, -0.1) is 0 Å². The predicted molar refractivity (Wildman–Crippen MR) is 70.1 cm³/mol. The molecule has 0 atom stereocenters. The summed E-state index contributed by atoms with van der Waals surface area (Å²) in [7, 11) is 1.84. The van der Waals surface area contributed by atoms with Gasteiger partial charge < -0.3 is 14.6 Å². The molecule has 4 nitrogen and oxygen atoms in total. The average Bonchev–Trinajstić information content (AvgIpc) is 2.79. The number of aromatic nitrogens is 1. The van der Waals surface area contributed by atoms with Crippen LogP contribution in [-0.4, -0.2) is 12.2 Å². The number of hydrogen-bond donors (Lipinski definition) is 1. The van der Waals surface area contributed by atoms with Crippen molar-refractivity contribution in [2.45, 2.75) is 13.2 Å². The number of hydrogen-bond acceptors (Lipinski definition) is 4. The van der Waals surface area contributed by atoms with Crippen LogP contribution in [0.2, 0.25) is 10.0 Å². The normalized spacial score (nSPS) is 10.6. The van der Waals surface area contributed by atoms with Crippen molar-refractivity contribution < 1.29 is 9.26 Å². The second kappa shape index (κ2) is 6.09. The first-order valence-corrected chi connectivity index (χ1v) is 6.11. The molecule has 0 saturated carbocycles. The molecule has 18 heavy (non-hydrogen) atoms. The molecule has 96 valence electrons. The van der Waals surface area contributed by atoms with E-state index in [0.717, 1.165) is 5.69 Å². The monoisotopic (exact) mass is 286 g/mol. The molecule has 0 aliphatic heterocycles. The molecule has 6 heteroatoms. The van der Waals surface area contributed by atoms with Crippen LogP contribution in [-0.2, 0) is 13.2 Å². The van der Waals surface area contributed by atoms with Crippen LogP contribution in [0.5, 0.6) is 5.75 Å². The van der Waals surface area contributed by atoms with Crippen molar-refractivity contribution in [2.24, 2.45) is 0 Å². The average molecular weight is 287 g/mol. The quantitative estimate of drug-likeness (QED) is 0.916. The first kappa shape index (κ1) is 13.2. The highest BCUT2D eigenvalue weighted by molar-refractivity contribution is 6.34. The van der Waals surface area contributed by atoms with Crippen molar-refractivity contribution in [3.05, 3.63) is 45.8 Å². The first-order valence-electron chi connectivity index (χ1n) is 5.36. The van der Waals surface area contributed by atoms with Crippen molar-refractivity contribution in [1.82, 2.24) is 10.5 Å². The standard InChI is InChI=1S/C12H12Cl2N2O2/c1-15-6-9-5-10(18-16-9)7-17-12-4-8(13)2-3-11(12)14/h2-5,15H,6-7H2,1H3. The smallest absolute Gasteiger partial charge is 0.174 e. The molecule has 2 rings (SSSR count). The molecular weight excluding hydrogens is 275 g/mol. The summed E-state index contributed by atoms with van der Waals surface area (Å²) in [6, 6.07) is 6.88. The molecule has 0 fully saturated rings. The Hall–Kier alpha value is -1.23. The molecule has 1 aromatic heterocycles. The van der Waals surface area contributed by atoms with Gasteiger partial charge in [0, 0.05) is 23.7 Å². The largest absolute Gasteiger partial charge is 0.484 e. The van der Waals surface area contributed by atoms with Crippen molar-refractivity contribution in [3.63, 3.8) is 0 Å². The van der Waals surface area contributed by atoms with Gasteiger partial charge in [0.1, 0.15) is 12.4 Å². The van der Waals surface area contributed by atoms with Crippen molar-refractivity contribution >= 4 is 23.2 Å². The first-order chi connectivity index (χ1) is 8.69. The van der Waals surface area contributed by atoms with Gasteiger partial charge in [0.25, 0.3) is 0 Å². The third-order valence-electron chi connectivity index (χ3n) is 2.23. The lowest BCUT2D eigenvalue weighted by atomic mass is 10.3.